The summed E-state index contributed by atoms with van der Waals surface area (Å²) in [7, 11) is 0. The summed E-state index contributed by atoms with van der Waals surface area (Å²) in [6.45, 7) is 0. The van der Waals surface area contributed by atoms with Crippen molar-refractivity contribution in [2.75, 3.05) is 0 Å². The number of Topliss-reactive ketones (excluding diaryl/α,β-unsaturated/α-hetero) is 1. The molecule has 1 aromatic rings. The molecule has 5 rings (SSSR count). The predicted molar refractivity (Wildman–Crippen MR) is 74.4 cm³/mol. The summed E-state index contributed by atoms with van der Waals surface area (Å²) in [5.74, 6) is 0.820. The highest BCUT2D eigenvalue weighted by molar-refractivity contribution is 5.89. The molecule has 21 heavy (non-hydrogen) atoms. The minimum atomic E-state index is -0.851. The smallest absolute Gasteiger partial charge is 0.174 e. The first-order chi connectivity index (χ1) is 10.1. The highest BCUT2D eigenvalue weighted by atomic mass is 16.5. The zero-order valence-corrected chi connectivity index (χ0v) is 11.8. The highest BCUT2D eigenvalue weighted by Crippen LogP contribution is 2.66. The lowest BCUT2D eigenvalue weighted by Gasteiger charge is -2.59. The molecule has 110 valence electrons. The first-order valence-electron chi connectivity index (χ1n) is 7.85. The maximum Gasteiger partial charge on any atom is 0.174 e. The van der Waals surface area contributed by atoms with Crippen LogP contribution in [0.1, 0.15) is 43.2 Å². The largest absolute Gasteiger partial charge is 0.504 e. The van der Waals surface area contributed by atoms with Gasteiger partial charge in [0.15, 0.2) is 23.4 Å². The zero-order chi connectivity index (χ0) is 14.4. The number of ketones is 1. The van der Waals surface area contributed by atoms with Gasteiger partial charge in [0.1, 0.15) is 0 Å². The van der Waals surface area contributed by atoms with E-state index in [9.17, 15) is 15.0 Å². The summed E-state index contributed by atoms with van der Waals surface area (Å²) in [6.07, 6.45) is 3.92. The number of hydrogen-bond donors (Lipinski definition) is 2. The van der Waals surface area contributed by atoms with Gasteiger partial charge in [-0.25, -0.2) is 0 Å². The molecule has 3 aliphatic carbocycles. The van der Waals surface area contributed by atoms with Crippen molar-refractivity contribution < 1.29 is 19.7 Å². The van der Waals surface area contributed by atoms with Crippen LogP contribution in [0.4, 0.5) is 0 Å². The normalized spacial score (nSPS) is 42.4. The van der Waals surface area contributed by atoms with Gasteiger partial charge < -0.3 is 14.9 Å². The second kappa shape index (κ2) is 3.43. The standard InChI is InChI=1S/C17H18O4/c18-11-4-3-9-8-10-2-1-6-16-13(9)14(11)21-15(16)12(19)5-7-17(10,16)20/h3-4,10,15,18,20H,1-2,5-8H2. The minimum Gasteiger partial charge on any atom is -0.504 e. The van der Waals surface area contributed by atoms with Crippen LogP contribution in [-0.2, 0) is 16.6 Å². The van der Waals surface area contributed by atoms with Crippen molar-refractivity contribution in [3.63, 3.8) is 0 Å². The Hall–Kier alpha value is -1.55. The molecule has 1 aliphatic heterocycles. The van der Waals surface area contributed by atoms with Crippen LogP contribution in [0.15, 0.2) is 12.1 Å². The van der Waals surface area contributed by atoms with Gasteiger partial charge in [0.25, 0.3) is 0 Å². The van der Waals surface area contributed by atoms with Crippen LogP contribution >= 0.6 is 0 Å². The molecule has 1 heterocycles. The summed E-state index contributed by atoms with van der Waals surface area (Å²) in [5.41, 5.74) is 0.608. The third-order valence-corrected chi connectivity index (χ3v) is 6.44. The highest BCUT2D eigenvalue weighted by Gasteiger charge is 2.71. The third kappa shape index (κ3) is 1.10. The molecule has 4 unspecified atom stereocenters. The summed E-state index contributed by atoms with van der Waals surface area (Å²) >= 11 is 0. The van der Waals surface area contributed by atoms with Gasteiger partial charge in [-0.3, -0.25) is 4.79 Å². The molecular weight excluding hydrogens is 268 g/mol. The number of carbonyl (C=O) groups is 1. The number of aromatic hydroxyl groups is 1. The number of benzene rings is 1. The molecule has 4 heteroatoms. The Kier molecular flexibility index (Phi) is 1.97. The van der Waals surface area contributed by atoms with Crippen molar-refractivity contribution in [1.82, 2.24) is 0 Å². The topological polar surface area (TPSA) is 66.8 Å². The summed E-state index contributed by atoms with van der Waals surface area (Å²) < 4.78 is 5.93. The first-order valence-corrected chi connectivity index (χ1v) is 7.85. The van der Waals surface area contributed by atoms with Crippen molar-refractivity contribution in [3.8, 4) is 11.5 Å². The Morgan fingerprint density at radius 3 is 3.00 bits per heavy atom. The van der Waals surface area contributed by atoms with E-state index in [0.29, 0.717) is 18.6 Å². The van der Waals surface area contributed by atoms with E-state index in [1.54, 1.807) is 6.07 Å². The van der Waals surface area contributed by atoms with Crippen LogP contribution in [-0.4, -0.2) is 27.7 Å². The number of aliphatic hydroxyl groups is 1. The monoisotopic (exact) mass is 286 g/mol. The lowest BCUT2D eigenvalue weighted by Crippen LogP contribution is -2.69. The van der Waals surface area contributed by atoms with E-state index < -0.39 is 17.1 Å². The van der Waals surface area contributed by atoms with Crippen molar-refractivity contribution in [3.05, 3.63) is 23.3 Å². The minimum absolute atomic E-state index is 0.0729. The number of phenolic OH excluding ortho intramolecular Hbond substituents is 1. The third-order valence-electron chi connectivity index (χ3n) is 6.44. The summed E-state index contributed by atoms with van der Waals surface area (Å²) in [4.78, 5) is 12.5. The lowest BCUT2D eigenvalue weighted by molar-refractivity contribution is -0.177. The quantitative estimate of drug-likeness (QED) is 0.763. The SMILES string of the molecule is O=C1CCC2(O)C3CCCC24c2c(ccc(O)c2OC14)C3. The number of phenols is 1. The van der Waals surface area contributed by atoms with Crippen LogP contribution in [0.3, 0.4) is 0 Å². The van der Waals surface area contributed by atoms with Crippen LogP contribution in [0.2, 0.25) is 0 Å². The van der Waals surface area contributed by atoms with Crippen LogP contribution in [0.5, 0.6) is 11.5 Å². The molecule has 2 bridgehead atoms. The van der Waals surface area contributed by atoms with Crippen molar-refractivity contribution >= 4 is 5.78 Å². The second-order valence-electron chi connectivity index (χ2n) is 7.10. The Bertz CT molecular complexity index is 682. The van der Waals surface area contributed by atoms with Gasteiger partial charge in [-0.15, -0.1) is 0 Å². The average molecular weight is 286 g/mol. The molecule has 4 atom stereocenters. The maximum atomic E-state index is 12.5. The first kappa shape index (κ1) is 12.0. The van der Waals surface area contributed by atoms with Crippen molar-refractivity contribution in [2.45, 2.75) is 55.6 Å². The van der Waals surface area contributed by atoms with Crippen molar-refractivity contribution in [1.29, 1.82) is 0 Å². The van der Waals surface area contributed by atoms with E-state index in [2.05, 4.69) is 0 Å². The van der Waals surface area contributed by atoms with E-state index in [1.807, 2.05) is 6.07 Å². The molecule has 0 radical (unpaired) electrons. The fourth-order valence-corrected chi connectivity index (χ4v) is 5.64. The molecule has 2 N–H and O–H groups in total. The molecule has 2 fully saturated rings. The maximum absolute atomic E-state index is 12.5. The van der Waals surface area contributed by atoms with Gasteiger partial charge in [0.05, 0.1) is 11.0 Å². The Labute approximate surface area is 122 Å². The molecule has 0 aromatic heterocycles. The van der Waals surface area contributed by atoms with E-state index in [1.165, 1.54) is 0 Å². The molecule has 0 amide bonds. The predicted octanol–water partition coefficient (Wildman–Crippen LogP) is 1.84. The molecule has 0 saturated heterocycles. The number of ether oxygens (including phenoxy) is 1. The Balaban J connectivity index is 1.89. The van der Waals surface area contributed by atoms with E-state index >= 15 is 0 Å². The fourth-order valence-electron chi connectivity index (χ4n) is 5.64. The van der Waals surface area contributed by atoms with Crippen LogP contribution < -0.4 is 4.74 Å². The van der Waals surface area contributed by atoms with E-state index in [-0.39, 0.29) is 17.5 Å². The van der Waals surface area contributed by atoms with Crippen LogP contribution in [0, 0.1) is 5.92 Å². The number of rotatable bonds is 0. The lowest BCUT2D eigenvalue weighted by atomic mass is 9.46. The van der Waals surface area contributed by atoms with Gasteiger partial charge in [0.2, 0.25) is 0 Å². The second-order valence-corrected chi connectivity index (χ2v) is 7.10. The van der Waals surface area contributed by atoms with E-state index in [4.69, 9.17) is 4.74 Å². The Morgan fingerprint density at radius 2 is 2.14 bits per heavy atom. The van der Waals surface area contributed by atoms with Gasteiger partial charge in [-0.05, 0) is 43.2 Å². The van der Waals surface area contributed by atoms with Crippen molar-refractivity contribution in [2.24, 2.45) is 5.92 Å². The van der Waals surface area contributed by atoms with Gasteiger partial charge >= 0.3 is 0 Å². The molecule has 4 nitrogen and oxygen atoms in total. The molecular formula is C17H18O4. The van der Waals surface area contributed by atoms with Gasteiger partial charge in [0, 0.05) is 12.0 Å². The number of carbonyl (C=O) groups excluding carboxylic acids is 1. The molecule has 4 aliphatic rings. The Morgan fingerprint density at radius 1 is 1.29 bits per heavy atom. The van der Waals surface area contributed by atoms with Gasteiger partial charge in [-0.2, -0.15) is 0 Å². The summed E-state index contributed by atoms with van der Waals surface area (Å²) in [5, 5.41) is 21.7. The fraction of sp³-hybridized carbons (Fsp3) is 0.588. The average Bonchev–Trinajstić information content (AvgIpc) is 2.80. The summed E-state index contributed by atoms with van der Waals surface area (Å²) in [6, 6.07) is 3.60. The van der Waals surface area contributed by atoms with E-state index in [0.717, 1.165) is 36.8 Å². The number of hydrogen-bond acceptors (Lipinski definition) is 4. The van der Waals surface area contributed by atoms with Crippen LogP contribution in [0.25, 0.3) is 0 Å². The molecule has 2 saturated carbocycles. The molecule has 1 aromatic carbocycles. The van der Waals surface area contributed by atoms with Gasteiger partial charge in [-0.1, -0.05) is 12.5 Å². The zero-order valence-electron chi connectivity index (χ0n) is 11.8. The molecule has 1 spiro atoms.